The first kappa shape index (κ1) is 15.8. The molecule has 0 saturated carbocycles. The van der Waals surface area contributed by atoms with Crippen LogP contribution in [0, 0.1) is 5.82 Å². The van der Waals surface area contributed by atoms with E-state index in [2.05, 4.69) is 0 Å². The predicted molar refractivity (Wildman–Crippen MR) is 73.5 cm³/mol. The lowest BCUT2D eigenvalue weighted by molar-refractivity contribution is -0.137. The summed E-state index contributed by atoms with van der Waals surface area (Å²) in [5.74, 6) is -1.76. The molecule has 0 spiro atoms. The van der Waals surface area contributed by atoms with Gasteiger partial charge >= 0.3 is 12.1 Å². The second-order valence-corrected chi connectivity index (χ2v) is 4.52. The van der Waals surface area contributed by atoms with Gasteiger partial charge in [-0.1, -0.05) is 12.1 Å². The minimum Gasteiger partial charge on any atom is -0.478 e. The van der Waals surface area contributed by atoms with Gasteiger partial charge in [0, 0.05) is 6.08 Å². The number of carboxylic acids is 1. The smallest absolute Gasteiger partial charge is 0.416 e. The molecular weight excluding hydrogens is 300 g/mol. The molecule has 0 saturated heterocycles. The Balaban J connectivity index is 2.55. The zero-order chi connectivity index (χ0) is 16.3. The Morgan fingerprint density at radius 2 is 1.64 bits per heavy atom. The summed E-state index contributed by atoms with van der Waals surface area (Å²) in [6.07, 6.45) is -2.74. The van der Waals surface area contributed by atoms with E-state index in [0.717, 1.165) is 36.4 Å². The van der Waals surface area contributed by atoms with Gasteiger partial charge < -0.3 is 5.11 Å². The van der Waals surface area contributed by atoms with Gasteiger partial charge in [0.15, 0.2) is 0 Å². The molecule has 2 aromatic rings. The Bertz CT molecular complexity index is 716. The van der Waals surface area contributed by atoms with E-state index in [1.165, 1.54) is 18.2 Å². The molecule has 1 N–H and O–H groups in total. The molecule has 0 aliphatic carbocycles. The molecule has 2 nitrogen and oxygen atoms in total. The number of hydrogen-bond acceptors (Lipinski definition) is 1. The zero-order valence-corrected chi connectivity index (χ0v) is 11.1. The standard InChI is InChI=1S/C16H10F4O2/c17-14-4-2-11(3-5-14)12-7-10(1-6-15(21)22)8-13(9-12)16(18,19)20/h1-9H,(H,21,22). The van der Waals surface area contributed by atoms with Crippen molar-refractivity contribution >= 4 is 12.0 Å². The average Bonchev–Trinajstić information content (AvgIpc) is 2.44. The normalized spacial score (nSPS) is 11.8. The number of benzene rings is 2. The van der Waals surface area contributed by atoms with Crippen LogP contribution in [0.4, 0.5) is 17.6 Å². The Kier molecular flexibility index (Phi) is 4.30. The fourth-order valence-corrected chi connectivity index (χ4v) is 1.89. The summed E-state index contributed by atoms with van der Waals surface area (Å²) < 4.78 is 51.7. The lowest BCUT2D eigenvalue weighted by atomic mass is 9.99. The maximum atomic E-state index is 12.9. The highest BCUT2D eigenvalue weighted by Crippen LogP contribution is 2.33. The highest BCUT2D eigenvalue weighted by Gasteiger charge is 2.31. The molecule has 0 atom stereocenters. The molecule has 114 valence electrons. The molecule has 0 fully saturated rings. The van der Waals surface area contributed by atoms with Crippen molar-refractivity contribution in [2.45, 2.75) is 6.18 Å². The van der Waals surface area contributed by atoms with Crippen LogP contribution in [0.25, 0.3) is 17.2 Å². The minimum atomic E-state index is -4.57. The van der Waals surface area contributed by atoms with E-state index in [4.69, 9.17) is 5.11 Å². The van der Waals surface area contributed by atoms with E-state index >= 15 is 0 Å². The molecule has 0 amide bonds. The van der Waals surface area contributed by atoms with E-state index in [1.807, 2.05) is 0 Å². The highest BCUT2D eigenvalue weighted by molar-refractivity contribution is 5.85. The van der Waals surface area contributed by atoms with Gasteiger partial charge in [-0.2, -0.15) is 13.2 Å². The number of carbonyl (C=O) groups is 1. The quantitative estimate of drug-likeness (QED) is 0.664. The molecule has 0 unspecified atom stereocenters. The van der Waals surface area contributed by atoms with Gasteiger partial charge in [0.05, 0.1) is 5.56 Å². The fraction of sp³-hybridized carbons (Fsp3) is 0.0625. The number of hydrogen-bond donors (Lipinski definition) is 1. The van der Waals surface area contributed by atoms with Crippen LogP contribution < -0.4 is 0 Å². The molecule has 0 heterocycles. The molecule has 0 aliphatic heterocycles. The van der Waals surface area contributed by atoms with Gasteiger partial charge in [0.2, 0.25) is 0 Å². The first-order valence-corrected chi connectivity index (χ1v) is 6.15. The number of carboxylic acid groups (broad SMARTS) is 1. The third kappa shape index (κ3) is 3.94. The van der Waals surface area contributed by atoms with Crippen LogP contribution in [0.3, 0.4) is 0 Å². The Morgan fingerprint density at radius 3 is 2.18 bits per heavy atom. The fourth-order valence-electron chi connectivity index (χ4n) is 1.89. The van der Waals surface area contributed by atoms with E-state index in [9.17, 15) is 22.4 Å². The van der Waals surface area contributed by atoms with Crippen molar-refractivity contribution in [3.05, 3.63) is 65.5 Å². The van der Waals surface area contributed by atoms with Gasteiger partial charge in [-0.15, -0.1) is 0 Å². The predicted octanol–water partition coefficient (Wildman–Crippen LogP) is 4.61. The van der Waals surface area contributed by atoms with Crippen molar-refractivity contribution in [2.75, 3.05) is 0 Å². The number of aliphatic carboxylic acids is 1. The molecule has 2 aromatic carbocycles. The number of rotatable bonds is 3. The maximum absolute atomic E-state index is 12.9. The second kappa shape index (κ2) is 6.01. The summed E-state index contributed by atoms with van der Waals surface area (Å²) in [5.41, 5.74) is -0.187. The Labute approximate surface area is 123 Å². The van der Waals surface area contributed by atoms with E-state index in [-0.39, 0.29) is 11.1 Å². The van der Waals surface area contributed by atoms with Crippen molar-refractivity contribution in [3.63, 3.8) is 0 Å². The van der Waals surface area contributed by atoms with Gasteiger partial charge in [-0.25, -0.2) is 9.18 Å². The minimum absolute atomic E-state index is 0.0940. The number of alkyl halides is 3. The third-order valence-electron chi connectivity index (χ3n) is 2.88. The van der Waals surface area contributed by atoms with Crippen molar-refractivity contribution in [3.8, 4) is 11.1 Å². The third-order valence-corrected chi connectivity index (χ3v) is 2.88. The van der Waals surface area contributed by atoms with Crippen LogP contribution in [0.15, 0.2) is 48.5 Å². The Morgan fingerprint density at radius 1 is 1.00 bits per heavy atom. The topological polar surface area (TPSA) is 37.3 Å². The van der Waals surface area contributed by atoms with Crippen molar-refractivity contribution in [1.29, 1.82) is 0 Å². The van der Waals surface area contributed by atoms with Gasteiger partial charge in [-0.05, 0) is 53.1 Å². The second-order valence-electron chi connectivity index (χ2n) is 4.52. The molecule has 0 bridgehead atoms. The lowest BCUT2D eigenvalue weighted by Gasteiger charge is -2.11. The van der Waals surface area contributed by atoms with Gasteiger partial charge in [0.1, 0.15) is 5.82 Å². The highest BCUT2D eigenvalue weighted by atomic mass is 19.4. The van der Waals surface area contributed by atoms with Crippen molar-refractivity contribution < 1.29 is 27.5 Å². The molecule has 0 aromatic heterocycles. The maximum Gasteiger partial charge on any atom is 0.416 e. The number of halogens is 4. The SMILES string of the molecule is O=C(O)C=Cc1cc(-c2ccc(F)cc2)cc(C(F)(F)F)c1. The van der Waals surface area contributed by atoms with Gasteiger partial charge in [0.25, 0.3) is 0 Å². The van der Waals surface area contributed by atoms with Crippen LogP contribution in [0.5, 0.6) is 0 Å². The zero-order valence-electron chi connectivity index (χ0n) is 11.1. The summed E-state index contributed by atoms with van der Waals surface area (Å²) in [6, 6.07) is 8.19. The summed E-state index contributed by atoms with van der Waals surface area (Å²) in [6.45, 7) is 0. The molecule has 6 heteroatoms. The summed E-state index contributed by atoms with van der Waals surface area (Å²) in [4.78, 5) is 10.5. The average molecular weight is 310 g/mol. The molecule has 22 heavy (non-hydrogen) atoms. The van der Waals surface area contributed by atoms with Crippen molar-refractivity contribution in [1.82, 2.24) is 0 Å². The lowest BCUT2D eigenvalue weighted by Crippen LogP contribution is -2.05. The van der Waals surface area contributed by atoms with E-state index in [0.29, 0.717) is 5.56 Å². The molecule has 0 aliphatic rings. The van der Waals surface area contributed by atoms with E-state index < -0.39 is 23.5 Å². The van der Waals surface area contributed by atoms with Gasteiger partial charge in [-0.3, -0.25) is 0 Å². The van der Waals surface area contributed by atoms with Crippen LogP contribution in [0.2, 0.25) is 0 Å². The van der Waals surface area contributed by atoms with Crippen LogP contribution in [-0.2, 0) is 11.0 Å². The summed E-state index contributed by atoms with van der Waals surface area (Å²) >= 11 is 0. The summed E-state index contributed by atoms with van der Waals surface area (Å²) in [5, 5.41) is 8.57. The first-order chi connectivity index (χ1) is 10.3. The van der Waals surface area contributed by atoms with Crippen molar-refractivity contribution in [2.24, 2.45) is 0 Å². The van der Waals surface area contributed by atoms with Crippen LogP contribution in [0.1, 0.15) is 11.1 Å². The Hall–Kier alpha value is -2.63. The molecular formula is C16H10F4O2. The van der Waals surface area contributed by atoms with Crippen LogP contribution >= 0.6 is 0 Å². The van der Waals surface area contributed by atoms with E-state index in [1.54, 1.807) is 0 Å². The monoisotopic (exact) mass is 310 g/mol. The van der Waals surface area contributed by atoms with Crippen LogP contribution in [-0.4, -0.2) is 11.1 Å². The first-order valence-electron chi connectivity index (χ1n) is 6.15. The molecule has 0 radical (unpaired) electrons. The molecule has 2 rings (SSSR count). The summed E-state index contributed by atoms with van der Waals surface area (Å²) in [7, 11) is 0. The largest absolute Gasteiger partial charge is 0.478 e.